The lowest BCUT2D eigenvalue weighted by Gasteiger charge is -2.16. The molecular formula is C13H11ClN4O3S2. The SMILES string of the molecule is N#Cc1nccnc1OC1CCN(S(=O)(=O)c2ccc(Cl)s2)C1. The Morgan fingerprint density at radius 3 is 2.87 bits per heavy atom. The Morgan fingerprint density at radius 2 is 2.17 bits per heavy atom. The molecule has 0 saturated carbocycles. The number of nitriles is 1. The molecule has 1 fully saturated rings. The van der Waals surface area contributed by atoms with Crippen molar-refractivity contribution in [1.29, 1.82) is 5.26 Å². The number of thiophene rings is 1. The second kappa shape index (κ2) is 6.41. The first kappa shape index (κ1) is 16.1. The first-order valence-electron chi connectivity index (χ1n) is 6.64. The number of rotatable bonds is 4. The van der Waals surface area contributed by atoms with Gasteiger partial charge in [0.15, 0.2) is 0 Å². The van der Waals surface area contributed by atoms with Gasteiger partial charge >= 0.3 is 0 Å². The number of sulfonamides is 1. The van der Waals surface area contributed by atoms with Crippen LogP contribution < -0.4 is 4.74 Å². The summed E-state index contributed by atoms with van der Waals surface area (Å²) in [6, 6.07) is 4.95. The van der Waals surface area contributed by atoms with E-state index >= 15 is 0 Å². The average molecular weight is 371 g/mol. The zero-order chi connectivity index (χ0) is 16.4. The van der Waals surface area contributed by atoms with Crippen molar-refractivity contribution in [2.45, 2.75) is 16.7 Å². The Morgan fingerprint density at radius 1 is 1.39 bits per heavy atom. The molecule has 1 unspecified atom stereocenters. The predicted octanol–water partition coefficient (Wildman–Crippen LogP) is 1.91. The van der Waals surface area contributed by atoms with E-state index in [0.29, 0.717) is 17.3 Å². The Kier molecular flexibility index (Phi) is 4.50. The molecule has 0 amide bonds. The minimum Gasteiger partial charge on any atom is -0.471 e. The number of hydrogen-bond donors (Lipinski definition) is 0. The van der Waals surface area contributed by atoms with Crippen LogP contribution in [0, 0.1) is 11.3 Å². The van der Waals surface area contributed by atoms with Crippen molar-refractivity contribution in [3.8, 4) is 11.9 Å². The van der Waals surface area contributed by atoms with Crippen LogP contribution in [-0.4, -0.2) is 41.9 Å². The van der Waals surface area contributed by atoms with Crippen molar-refractivity contribution >= 4 is 33.0 Å². The molecule has 1 atom stereocenters. The number of nitrogens with zero attached hydrogens (tertiary/aromatic N) is 4. The first-order chi connectivity index (χ1) is 11.0. The van der Waals surface area contributed by atoms with Crippen molar-refractivity contribution in [2.24, 2.45) is 0 Å². The summed E-state index contributed by atoms with van der Waals surface area (Å²) in [5.41, 5.74) is 0.0823. The second-order valence-electron chi connectivity index (χ2n) is 4.77. The molecule has 2 aromatic rings. The maximum Gasteiger partial charge on any atom is 0.252 e. The van der Waals surface area contributed by atoms with Gasteiger partial charge in [0, 0.05) is 18.9 Å². The lowest BCUT2D eigenvalue weighted by molar-refractivity contribution is 0.205. The van der Waals surface area contributed by atoms with E-state index in [0.717, 1.165) is 11.3 Å². The van der Waals surface area contributed by atoms with Crippen molar-refractivity contribution in [1.82, 2.24) is 14.3 Å². The Labute approximate surface area is 142 Å². The van der Waals surface area contributed by atoms with Gasteiger partial charge in [0.1, 0.15) is 16.4 Å². The summed E-state index contributed by atoms with van der Waals surface area (Å²) in [5, 5.41) is 8.97. The topological polar surface area (TPSA) is 96.2 Å². The van der Waals surface area contributed by atoms with E-state index in [1.807, 2.05) is 6.07 Å². The molecule has 0 N–H and O–H groups in total. The lowest BCUT2D eigenvalue weighted by atomic mass is 10.3. The summed E-state index contributed by atoms with van der Waals surface area (Å²) >= 11 is 6.83. The summed E-state index contributed by atoms with van der Waals surface area (Å²) in [6.07, 6.45) is 2.97. The highest BCUT2D eigenvalue weighted by molar-refractivity contribution is 7.91. The van der Waals surface area contributed by atoms with Crippen LogP contribution in [-0.2, 0) is 10.0 Å². The molecule has 1 aliphatic rings. The van der Waals surface area contributed by atoms with Gasteiger partial charge in [-0.05, 0) is 18.6 Å². The molecular weight excluding hydrogens is 360 g/mol. The molecule has 3 rings (SSSR count). The quantitative estimate of drug-likeness (QED) is 0.815. The Hall–Kier alpha value is -1.73. The fourth-order valence-corrected chi connectivity index (χ4v) is 5.35. The highest BCUT2D eigenvalue weighted by Gasteiger charge is 2.35. The molecule has 1 saturated heterocycles. The molecule has 1 aliphatic heterocycles. The average Bonchev–Trinajstić information content (AvgIpc) is 3.17. The largest absolute Gasteiger partial charge is 0.471 e. The van der Waals surface area contributed by atoms with Gasteiger partial charge < -0.3 is 4.74 Å². The molecule has 10 heteroatoms. The van der Waals surface area contributed by atoms with Crippen molar-refractivity contribution < 1.29 is 13.2 Å². The van der Waals surface area contributed by atoms with Gasteiger partial charge in [-0.3, -0.25) is 0 Å². The molecule has 0 aromatic carbocycles. The maximum atomic E-state index is 12.5. The third-order valence-corrected chi connectivity index (χ3v) is 6.86. The molecule has 23 heavy (non-hydrogen) atoms. The van der Waals surface area contributed by atoms with Crippen molar-refractivity contribution in [3.63, 3.8) is 0 Å². The van der Waals surface area contributed by atoms with E-state index in [2.05, 4.69) is 9.97 Å². The summed E-state index contributed by atoms with van der Waals surface area (Å²) in [6.45, 7) is 0.532. The van der Waals surface area contributed by atoms with Crippen molar-refractivity contribution in [2.75, 3.05) is 13.1 Å². The van der Waals surface area contributed by atoms with E-state index in [4.69, 9.17) is 21.6 Å². The van der Waals surface area contributed by atoms with Crippen LogP contribution in [0.1, 0.15) is 12.1 Å². The molecule has 3 heterocycles. The number of ether oxygens (including phenoxy) is 1. The zero-order valence-corrected chi connectivity index (χ0v) is 14.1. The standard InChI is InChI=1S/C13H11ClN4O3S2/c14-11-1-2-12(22-11)23(19,20)18-6-3-9(8-18)21-13-10(7-15)16-4-5-17-13/h1-2,4-5,9H,3,6,8H2. The van der Waals surface area contributed by atoms with Crippen LogP contribution in [0.2, 0.25) is 4.34 Å². The van der Waals surface area contributed by atoms with Crippen LogP contribution in [0.25, 0.3) is 0 Å². The van der Waals surface area contributed by atoms with Crippen LogP contribution in [0.4, 0.5) is 0 Å². The summed E-state index contributed by atoms with van der Waals surface area (Å²) in [7, 11) is -3.57. The highest BCUT2D eigenvalue weighted by Crippen LogP contribution is 2.30. The number of aromatic nitrogens is 2. The van der Waals surface area contributed by atoms with Gasteiger partial charge in [0.2, 0.25) is 5.69 Å². The normalized spacial score (nSPS) is 18.7. The van der Waals surface area contributed by atoms with E-state index in [1.165, 1.54) is 22.8 Å². The van der Waals surface area contributed by atoms with Crippen LogP contribution in [0.15, 0.2) is 28.7 Å². The third-order valence-electron chi connectivity index (χ3n) is 3.30. The summed E-state index contributed by atoms with van der Waals surface area (Å²) in [4.78, 5) is 7.84. The van der Waals surface area contributed by atoms with Gasteiger partial charge in [-0.1, -0.05) is 11.6 Å². The van der Waals surface area contributed by atoms with Gasteiger partial charge in [0.05, 0.1) is 10.9 Å². The van der Waals surface area contributed by atoms with Gasteiger partial charge in [-0.25, -0.2) is 18.4 Å². The van der Waals surface area contributed by atoms with E-state index in [-0.39, 0.29) is 28.4 Å². The van der Waals surface area contributed by atoms with E-state index in [1.54, 1.807) is 6.07 Å². The Balaban J connectivity index is 1.73. The second-order valence-corrected chi connectivity index (χ2v) is 8.65. The molecule has 0 bridgehead atoms. The molecule has 0 radical (unpaired) electrons. The Bertz CT molecular complexity index is 862. The minimum absolute atomic E-state index is 0.0823. The smallest absolute Gasteiger partial charge is 0.252 e. The van der Waals surface area contributed by atoms with Crippen LogP contribution in [0.3, 0.4) is 0 Å². The molecule has 7 nitrogen and oxygen atoms in total. The molecule has 0 aliphatic carbocycles. The monoisotopic (exact) mass is 370 g/mol. The van der Waals surface area contributed by atoms with E-state index < -0.39 is 10.0 Å². The van der Waals surface area contributed by atoms with Crippen LogP contribution >= 0.6 is 22.9 Å². The van der Waals surface area contributed by atoms with Crippen LogP contribution in [0.5, 0.6) is 5.88 Å². The van der Waals surface area contributed by atoms with Crippen molar-refractivity contribution in [3.05, 3.63) is 34.6 Å². The fraction of sp³-hybridized carbons (Fsp3) is 0.308. The van der Waals surface area contributed by atoms with E-state index in [9.17, 15) is 8.42 Å². The molecule has 120 valence electrons. The third kappa shape index (κ3) is 3.30. The summed E-state index contributed by atoms with van der Waals surface area (Å²) < 4.78 is 32.6. The lowest BCUT2D eigenvalue weighted by Crippen LogP contribution is -2.30. The van der Waals surface area contributed by atoms with Gasteiger partial charge in [-0.2, -0.15) is 9.57 Å². The maximum absolute atomic E-state index is 12.5. The molecule has 0 spiro atoms. The van der Waals surface area contributed by atoms with Gasteiger partial charge in [0.25, 0.3) is 15.9 Å². The predicted molar refractivity (Wildman–Crippen MR) is 83.9 cm³/mol. The zero-order valence-electron chi connectivity index (χ0n) is 11.7. The first-order valence-corrected chi connectivity index (χ1v) is 9.27. The highest BCUT2D eigenvalue weighted by atomic mass is 35.5. The number of hydrogen-bond acceptors (Lipinski definition) is 7. The van der Waals surface area contributed by atoms with Gasteiger partial charge in [-0.15, -0.1) is 11.3 Å². The minimum atomic E-state index is -3.57. The summed E-state index contributed by atoms with van der Waals surface area (Å²) in [5.74, 6) is 0.124. The fourth-order valence-electron chi connectivity index (χ4n) is 2.22. The number of halogens is 1. The molecule has 2 aromatic heterocycles.